The molecule has 1 amide bonds. The van der Waals surface area contributed by atoms with Gasteiger partial charge in [0.25, 0.3) is 0 Å². The zero-order valence-electron chi connectivity index (χ0n) is 25.4. The fourth-order valence-electron chi connectivity index (χ4n) is 6.41. The van der Waals surface area contributed by atoms with E-state index < -0.39 is 16.1 Å². The van der Waals surface area contributed by atoms with Gasteiger partial charge in [-0.1, -0.05) is 54.3 Å². The summed E-state index contributed by atoms with van der Waals surface area (Å²) in [6.45, 7) is 3.09. The van der Waals surface area contributed by atoms with E-state index in [1.165, 1.54) is 47.7 Å². The minimum Gasteiger partial charge on any atom is -0.493 e. The zero-order valence-corrected chi connectivity index (χ0v) is 27.8. The van der Waals surface area contributed by atoms with Crippen LogP contribution in [0.5, 0.6) is 5.75 Å². The molecule has 242 valence electrons. The average molecular weight is 673 g/mol. The lowest BCUT2D eigenvalue weighted by molar-refractivity contribution is -0.138. The molecule has 6 rings (SSSR count). The van der Waals surface area contributed by atoms with Crippen LogP contribution in [0.2, 0.25) is 5.02 Å². The van der Waals surface area contributed by atoms with Crippen LogP contribution in [0.3, 0.4) is 0 Å². The fourth-order valence-corrected chi connectivity index (χ4v) is 8.99. The van der Waals surface area contributed by atoms with Crippen molar-refractivity contribution in [2.24, 2.45) is 11.7 Å². The van der Waals surface area contributed by atoms with Crippen LogP contribution in [-0.2, 0) is 21.4 Å². The van der Waals surface area contributed by atoms with Gasteiger partial charge in [-0.05, 0) is 68.0 Å². The minimum absolute atomic E-state index is 0.0582. The number of benzene rings is 2. The maximum absolute atomic E-state index is 14.0. The highest BCUT2D eigenvalue weighted by atomic mass is 35.5. The lowest BCUT2D eigenvalue weighted by atomic mass is 9.90. The monoisotopic (exact) mass is 672 g/mol. The molecule has 0 radical (unpaired) electrons. The molecule has 13 heteroatoms. The molecule has 1 aliphatic carbocycles. The SMILES string of the molecule is NC1CCN(C(=O)[C@@H]2CN(Cc3nnc(-c4ccc(Cl)cc4)s3)CCN2S(=O)(=O)c2ccc(OCC3CCCCC3)cc2)CC1. The number of hydrogen-bond donors (Lipinski definition) is 1. The predicted molar refractivity (Wildman–Crippen MR) is 176 cm³/mol. The largest absolute Gasteiger partial charge is 0.493 e. The summed E-state index contributed by atoms with van der Waals surface area (Å²) >= 11 is 7.52. The van der Waals surface area contributed by atoms with Crippen molar-refractivity contribution in [1.29, 1.82) is 0 Å². The third-order valence-electron chi connectivity index (χ3n) is 9.11. The smallest absolute Gasteiger partial charge is 0.243 e. The number of piperidine rings is 1. The van der Waals surface area contributed by atoms with Crippen molar-refractivity contribution in [3.05, 3.63) is 58.6 Å². The summed E-state index contributed by atoms with van der Waals surface area (Å²) in [7, 11) is -3.95. The number of rotatable bonds is 9. The van der Waals surface area contributed by atoms with Crippen LogP contribution in [0.4, 0.5) is 0 Å². The van der Waals surface area contributed by atoms with Crippen LogP contribution in [0.1, 0.15) is 50.0 Å². The lowest BCUT2D eigenvalue weighted by Gasteiger charge is -2.42. The highest BCUT2D eigenvalue weighted by Crippen LogP contribution is 2.30. The maximum atomic E-state index is 14.0. The number of piperazine rings is 1. The Kier molecular flexibility index (Phi) is 10.4. The Labute approximate surface area is 274 Å². The van der Waals surface area contributed by atoms with Crippen molar-refractivity contribution in [3.8, 4) is 16.3 Å². The van der Waals surface area contributed by atoms with Crippen molar-refractivity contribution < 1.29 is 17.9 Å². The van der Waals surface area contributed by atoms with Crippen LogP contribution >= 0.6 is 22.9 Å². The Morgan fingerprint density at radius 1 is 0.933 bits per heavy atom. The van der Waals surface area contributed by atoms with Crippen molar-refractivity contribution in [3.63, 3.8) is 0 Å². The first kappa shape index (κ1) is 32.3. The van der Waals surface area contributed by atoms with Gasteiger partial charge in [0.15, 0.2) is 0 Å². The minimum atomic E-state index is -3.95. The highest BCUT2D eigenvalue weighted by molar-refractivity contribution is 7.89. The van der Waals surface area contributed by atoms with E-state index in [1.54, 1.807) is 29.2 Å². The van der Waals surface area contributed by atoms with Gasteiger partial charge in [-0.2, -0.15) is 4.31 Å². The molecule has 2 N–H and O–H groups in total. The number of aromatic nitrogens is 2. The number of likely N-dealkylation sites (tertiary alicyclic amines) is 1. The molecule has 10 nitrogen and oxygen atoms in total. The Hall–Kier alpha value is -2.61. The van der Waals surface area contributed by atoms with Crippen molar-refractivity contribution in [2.75, 3.05) is 39.3 Å². The molecule has 2 aliphatic heterocycles. The van der Waals surface area contributed by atoms with Crippen LogP contribution in [-0.4, -0.2) is 90.0 Å². The third kappa shape index (κ3) is 7.86. The van der Waals surface area contributed by atoms with Gasteiger partial charge in [0.2, 0.25) is 15.9 Å². The average Bonchev–Trinajstić information content (AvgIpc) is 3.53. The number of halogens is 1. The van der Waals surface area contributed by atoms with E-state index in [2.05, 4.69) is 15.1 Å². The van der Waals surface area contributed by atoms with Crippen LogP contribution < -0.4 is 10.5 Å². The number of carbonyl (C=O) groups is 1. The van der Waals surface area contributed by atoms with E-state index in [-0.39, 0.29) is 29.9 Å². The molecule has 0 spiro atoms. The van der Waals surface area contributed by atoms with E-state index in [9.17, 15) is 13.2 Å². The van der Waals surface area contributed by atoms with Crippen molar-refractivity contribution in [2.45, 2.75) is 68.5 Å². The van der Waals surface area contributed by atoms with Gasteiger partial charge in [-0.15, -0.1) is 10.2 Å². The van der Waals surface area contributed by atoms with Gasteiger partial charge in [0.05, 0.1) is 18.0 Å². The highest BCUT2D eigenvalue weighted by Gasteiger charge is 2.42. The van der Waals surface area contributed by atoms with E-state index in [0.717, 1.165) is 15.6 Å². The lowest BCUT2D eigenvalue weighted by Crippen LogP contribution is -2.61. The number of sulfonamides is 1. The van der Waals surface area contributed by atoms with Gasteiger partial charge in [0, 0.05) is 49.4 Å². The van der Waals surface area contributed by atoms with Gasteiger partial charge in [-0.25, -0.2) is 8.42 Å². The Bertz CT molecular complexity index is 1540. The summed E-state index contributed by atoms with van der Waals surface area (Å²) in [4.78, 5) is 18.0. The molecule has 2 aromatic carbocycles. The summed E-state index contributed by atoms with van der Waals surface area (Å²) < 4.78 is 35.5. The van der Waals surface area contributed by atoms with Gasteiger partial charge >= 0.3 is 0 Å². The summed E-state index contributed by atoms with van der Waals surface area (Å²) in [6, 6.07) is 13.3. The number of nitrogens with zero attached hydrogens (tertiary/aromatic N) is 5. The van der Waals surface area contributed by atoms with Gasteiger partial charge < -0.3 is 15.4 Å². The Morgan fingerprint density at radius 3 is 2.36 bits per heavy atom. The second-order valence-corrected chi connectivity index (χ2v) is 15.7. The van der Waals surface area contributed by atoms with Crippen molar-refractivity contribution >= 4 is 38.9 Å². The van der Waals surface area contributed by atoms with E-state index in [1.807, 2.05) is 24.3 Å². The molecule has 2 saturated heterocycles. The zero-order chi connectivity index (χ0) is 31.4. The number of carbonyl (C=O) groups excluding carboxylic acids is 1. The summed E-state index contributed by atoms with van der Waals surface area (Å²) in [5.41, 5.74) is 7.03. The van der Waals surface area contributed by atoms with Crippen LogP contribution in [0, 0.1) is 5.92 Å². The van der Waals surface area contributed by atoms with Crippen LogP contribution in [0.25, 0.3) is 10.6 Å². The molecule has 1 atom stereocenters. The third-order valence-corrected chi connectivity index (χ3v) is 12.2. The molecular formula is C32H41ClN6O4S2. The summed E-state index contributed by atoms with van der Waals surface area (Å²) in [5, 5.41) is 11.0. The first-order valence-corrected chi connectivity index (χ1v) is 18.5. The number of nitrogens with two attached hydrogens (primary N) is 1. The van der Waals surface area contributed by atoms with Gasteiger partial charge in [0.1, 0.15) is 21.8 Å². The van der Waals surface area contributed by atoms with Crippen molar-refractivity contribution in [1.82, 2.24) is 24.3 Å². The van der Waals surface area contributed by atoms with Gasteiger partial charge in [-0.3, -0.25) is 9.69 Å². The number of ether oxygens (including phenoxy) is 1. The molecular weight excluding hydrogens is 632 g/mol. The summed E-state index contributed by atoms with van der Waals surface area (Å²) in [6.07, 6.45) is 7.55. The number of amides is 1. The molecule has 1 saturated carbocycles. The van der Waals surface area contributed by atoms with Crippen LogP contribution in [0.15, 0.2) is 53.4 Å². The molecule has 45 heavy (non-hydrogen) atoms. The van der Waals surface area contributed by atoms with E-state index in [4.69, 9.17) is 22.1 Å². The molecule has 0 bridgehead atoms. The topological polar surface area (TPSA) is 122 Å². The van der Waals surface area contributed by atoms with E-state index in [0.29, 0.717) is 62.3 Å². The summed E-state index contributed by atoms with van der Waals surface area (Å²) in [5.74, 6) is 1.04. The maximum Gasteiger partial charge on any atom is 0.243 e. The second-order valence-electron chi connectivity index (χ2n) is 12.3. The molecule has 1 aromatic heterocycles. The fraction of sp³-hybridized carbons (Fsp3) is 0.531. The molecule has 3 fully saturated rings. The first-order valence-electron chi connectivity index (χ1n) is 15.9. The molecule has 3 aromatic rings. The quantitative estimate of drug-likeness (QED) is 0.349. The molecule has 0 unspecified atom stereocenters. The first-order chi connectivity index (χ1) is 21.8. The normalized spacial score (nSPS) is 21.2. The second kappa shape index (κ2) is 14.4. The molecule has 3 aliphatic rings. The Morgan fingerprint density at radius 2 is 1.64 bits per heavy atom. The predicted octanol–water partition coefficient (Wildman–Crippen LogP) is 4.64. The number of hydrogen-bond acceptors (Lipinski definition) is 9. The Balaban J connectivity index is 1.17. The molecule has 3 heterocycles. The standard InChI is InChI=1S/C32H41ClN6O4S2/c33-25-8-6-24(7-9-25)31-36-35-30(44-31)21-37-18-19-39(29(20-37)32(40)38-16-14-26(34)15-17-38)45(41,42)28-12-10-27(11-13-28)43-22-23-4-2-1-3-5-23/h6-13,23,26,29H,1-5,14-22,34H2/t29-/m0/s1. The van der Waals surface area contributed by atoms with E-state index >= 15 is 0 Å².